The minimum absolute atomic E-state index is 0.0265. The molecular weight excluding hydrogens is 398 g/mol. The van der Waals surface area contributed by atoms with Gasteiger partial charge in [0.15, 0.2) is 5.16 Å². The standard InChI is InChI=1S/C18H23N5O3S2/c1-2-23-16-7-6-14(28(25,26)22-10-4-3-5-11-22)12-15(16)21-18(23)27-13-17(24)20-9-8-19/h6-7,12H,2-5,9-11,13H2,1H3,(H,20,24). The van der Waals surface area contributed by atoms with E-state index < -0.39 is 10.0 Å². The monoisotopic (exact) mass is 421 g/mol. The molecule has 28 heavy (non-hydrogen) atoms. The van der Waals surface area contributed by atoms with Gasteiger partial charge in [-0.05, 0) is 38.0 Å². The van der Waals surface area contributed by atoms with E-state index in [2.05, 4.69) is 10.3 Å². The molecule has 2 heterocycles. The van der Waals surface area contributed by atoms with Gasteiger partial charge in [-0.15, -0.1) is 0 Å². The molecule has 1 amide bonds. The highest BCUT2D eigenvalue weighted by Gasteiger charge is 2.26. The topological polar surface area (TPSA) is 108 Å². The number of carbonyl (C=O) groups excluding carboxylic acids is 1. The second-order valence-electron chi connectivity index (χ2n) is 6.48. The van der Waals surface area contributed by atoms with Crippen molar-refractivity contribution in [1.29, 1.82) is 5.26 Å². The van der Waals surface area contributed by atoms with Gasteiger partial charge >= 0.3 is 0 Å². The van der Waals surface area contributed by atoms with E-state index in [1.54, 1.807) is 22.5 Å². The number of amides is 1. The van der Waals surface area contributed by atoms with Gasteiger partial charge < -0.3 is 9.88 Å². The maximum absolute atomic E-state index is 12.9. The predicted molar refractivity (Wildman–Crippen MR) is 107 cm³/mol. The van der Waals surface area contributed by atoms with Crippen molar-refractivity contribution >= 4 is 38.7 Å². The highest BCUT2D eigenvalue weighted by atomic mass is 32.2. The number of aryl methyl sites for hydroxylation is 1. The molecule has 1 aromatic heterocycles. The van der Waals surface area contributed by atoms with Gasteiger partial charge in [-0.25, -0.2) is 13.4 Å². The van der Waals surface area contributed by atoms with E-state index in [-0.39, 0.29) is 23.1 Å². The molecule has 0 aliphatic carbocycles. The third-order valence-corrected chi connectivity index (χ3v) is 7.52. The summed E-state index contributed by atoms with van der Waals surface area (Å²) < 4.78 is 29.3. The lowest BCUT2D eigenvalue weighted by molar-refractivity contribution is -0.118. The Morgan fingerprint density at radius 3 is 2.75 bits per heavy atom. The third-order valence-electron chi connectivity index (χ3n) is 4.65. The van der Waals surface area contributed by atoms with Gasteiger partial charge in [0.1, 0.15) is 6.54 Å². The van der Waals surface area contributed by atoms with Gasteiger partial charge in [-0.3, -0.25) is 4.79 Å². The largest absolute Gasteiger partial charge is 0.342 e. The van der Waals surface area contributed by atoms with Gasteiger partial charge in [0.05, 0.1) is 27.8 Å². The summed E-state index contributed by atoms with van der Waals surface area (Å²) in [6, 6.07) is 6.89. The molecule has 1 aliphatic rings. The van der Waals surface area contributed by atoms with Crippen molar-refractivity contribution in [2.45, 2.75) is 42.8 Å². The summed E-state index contributed by atoms with van der Waals surface area (Å²) in [5.41, 5.74) is 1.43. The summed E-state index contributed by atoms with van der Waals surface area (Å²) in [5, 5.41) is 11.7. The number of nitrogens with one attached hydrogen (secondary N) is 1. The SMILES string of the molecule is CCn1c(SCC(=O)NCC#N)nc2cc(S(=O)(=O)N3CCCCC3)ccc21. The van der Waals surface area contributed by atoms with E-state index >= 15 is 0 Å². The molecule has 10 heteroatoms. The second kappa shape index (κ2) is 8.94. The molecule has 1 aromatic carbocycles. The quantitative estimate of drug-likeness (QED) is 0.541. The van der Waals surface area contributed by atoms with Gasteiger partial charge in [0, 0.05) is 19.6 Å². The highest BCUT2D eigenvalue weighted by molar-refractivity contribution is 7.99. The van der Waals surface area contributed by atoms with Crippen molar-refractivity contribution in [1.82, 2.24) is 19.2 Å². The number of rotatable bonds is 7. The summed E-state index contributed by atoms with van der Waals surface area (Å²) >= 11 is 1.27. The molecule has 3 rings (SSSR count). The number of fused-ring (bicyclic) bond motifs is 1. The minimum atomic E-state index is -3.52. The molecule has 0 saturated carbocycles. The Labute approximate surface area is 169 Å². The first-order valence-electron chi connectivity index (χ1n) is 9.24. The molecule has 0 radical (unpaired) electrons. The summed E-state index contributed by atoms with van der Waals surface area (Å²) in [7, 11) is -3.52. The van der Waals surface area contributed by atoms with E-state index in [4.69, 9.17) is 5.26 Å². The van der Waals surface area contributed by atoms with Crippen LogP contribution in [0.5, 0.6) is 0 Å². The van der Waals surface area contributed by atoms with Crippen LogP contribution < -0.4 is 5.32 Å². The van der Waals surface area contributed by atoms with E-state index in [1.165, 1.54) is 11.8 Å². The molecule has 1 fully saturated rings. The number of aromatic nitrogens is 2. The first-order chi connectivity index (χ1) is 13.5. The van der Waals surface area contributed by atoms with Crippen LogP contribution in [-0.4, -0.2) is 53.6 Å². The first kappa shape index (κ1) is 20.6. The summed E-state index contributed by atoms with van der Waals surface area (Å²) in [5.74, 6) is -0.0983. The zero-order chi connectivity index (χ0) is 20.1. The number of benzene rings is 1. The van der Waals surface area contributed by atoms with Crippen LogP contribution in [-0.2, 0) is 21.4 Å². The average molecular weight is 422 g/mol. The number of piperidine rings is 1. The fourth-order valence-electron chi connectivity index (χ4n) is 3.24. The number of hydrogen-bond acceptors (Lipinski definition) is 6. The van der Waals surface area contributed by atoms with E-state index in [1.807, 2.05) is 17.6 Å². The Bertz CT molecular complexity index is 1000. The molecule has 1 saturated heterocycles. The number of carbonyl (C=O) groups is 1. The summed E-state index contributed by atoms with van der Waals surface area (Å²) in [4.78, 5) is 16.6. The number of imidazole rings is 1. The van der Waals surface area contributed by atoms with E-state index in [9.17, 15) is 13.2 Å². The summed E-state index contributed by atoms with van der Waals surface area (Å²) in [6.07, 6.45) is 2.84. The van der Waals surface area contributed by atoms with Gasteiger partial charge in [-0.2, -0.15) is 9.57 Å². The van der Waals surface area contributed by atoms with Crippen molar-refractivity contribution in [3.8, 4) is 6.07 Å². The number of nitriles is 1. The lowest BCUT2D eigenvalue weighted by atomic mass is 10.2. The number of nitrogens with zero attached hydrogens (tertiary/aromatic N) is 4. The number of hydrogen-bond donors (Lipinski definition) is 1. The fraction of sp³-hybridized carbons (Fsp3) is 0.500. The van der Waals surface area contributed by atoms with Gasteiger partial charge in [0.2, 0.25) is 15.9 Å². The Kier molecular flexibility index (Phi) is 6.59. The average Bonchev–Trinajstić information content (AvgIpc) is 3.08. The lowest BCUT2D eigenvalue weighted by Crippen LogP contribution is -2.35. The zero-order valence-corrected chi connectivity index (χ0v) is 17.4. The third kappa shape index (κ3) is 4.32. The van der Waals surface area contributed by atoms with E-state index in [0.29, 0.717) is 30.3 Å². The molecular formula is C18H23N5O3S2. The predicted octanol–water partition coefficient (Wildman–Crippen LogP) is 1.96. The lowest BCUT2D eigenvalue weighted by Gasteiger charge is -2.25. The van der Waals surface area contributed by atoms with Crippen molar-refractivity contribution in [2.24, 2.45) is 0 Å². The molecule has 1 aliphatic heterocycles. The van der Waals surface area contributed by atoms with Crippen molar-refractivity contribution < 1.29 is 13.2 Å². The molecule has 150 valence electrons. The first-order valence-corrected chi connectivity index (χ1v) is 11.7. The smallest absolute Gasteiger partial charge is 0.243 e. The number of sulfonamides is 1. The summed E-state index contributed by atoms with van der Waals surface area (Å²) in [6.45, 7) is 3.71. The normalized spacial score (nSPS) is 15.4. The fourth-order valence-corrected chi connectivity index (χ4v) is 5.68. The van der Waals surface area contributed by atoms with Crippen molar-refractivity contribution in [2.75, 3.05) is 25.4 Å². The highest BCUT2D eigenvalue weighted by Crippen LogP contribution is 2.28. The van der Waals surface area contributed by atoms with Crippen LogP contribution in [0.15, 0.2) is 28.3 Å². The molecule has 0 bridgehead atoms. The van der Waals surface area contributed by atoms with Crippen LogP contribution >= 0.6 is 11.8 Å². The maximum Gasteiger partial charge on any atom is 0.243 e. The van der Waals surface area contributed by atoms with Crippen LogP contribution in [0.3, 0.4) is 0 Å². The van der Waals surface area contributed by atoms with Crippen molar-refractivity contribution in [3.63, 3.8) is 0 Å². The molecule has 1 N–H and O–H groups in total. The maximum atomic E-state index is 12.9. The second-order valence-corrected chi connectivity index (χ2v) is 9.36. The van der Waals surface area contributed by atoms with Crippen molar-refractivity contribution in [3.05, 3.63) is 18.2 Å². The molecule has 0 spiro atoms. The molecule has 2 aromatic rings. The van der Waals surface area contributed by atoms with E-state index in [0.717, 1.165) is 24.8 Å². The van der Waals surface area contributed by atoms with Crippen LogP contribution in [0.2, 0.25) is 0 Å². The molecule has 0 atom stereocenters. The Morgan fingerprint density at radius 1 is 1.32 bits per heavy atom. The van der Waals surface area contributed by atoms with Crippen LogP contribution in [0.4, 0.5) is 0 Å². The molecule has 8 nitrogen and oxygen atoms in total. The Balaban J connectivity index is 1.86. The van der Waals surface area contributed by atoms with Gasteiger partial charge in [-0.1, -0.05) is 18.2 Å². The van der Waals surface area contributed by atoms with Crippen LogP contribution in [0.1, 0.15) is 26.2 Å². The Hall–Kier alpha value is -2.09. The van der Waals surface area contributed by atoms with Crippen LogP contribution in [0, 0.1) is 11.3 Å². The van der Waals surface area contributed by atoms with Gasteiger partial charge in [0.25, 0.3) is 0 Å². The minimum Gasteiger partial charge on any atom is -0.342 e. The number of thioether (sulfide) groups is 1. The van der Waals surface area contributed by atoms with Crippen LogP contribution in [0.25, 0.3) is 11.0 Å². The Morgan fingerprint density at radius 2 is 2.07 bits per heavy atom. The zero-order valence-electron chi connectivity index (χ0n) is 15.7. The molecule has 0 unspecified atom stereocenters.